The third-order valence-electron chi connectivity index (χ3n) is 3.10. The van der Waals surface area contributed by atoms with Crippen molar-refractivity contribution in [1.82, 2.24) is 4.31 Å². The number of aliphatic hydroxyl groups excluding tert-OH is 1. The van der Waals surface area contributed by atoms with Gasteiger partial charge in [0, 0.05) is 25.9 Å². The second-order valence-corrected chi connectivity index (χ2v) is 7.03. The Bertz CT molecular complexity index is 502. The first kappa shape index (κ1) is 17.7. The molecule has 0 aliphatic carbocycles. The molecule has 0 aliphatic heterocycles. The van der Waals surface area contributed by atoms with Gasteiger partial charge in [0.25, 0.3) is 0 Å². The lowest BCUT2D eigenvalue weighted by Crippen LogP contribution is -2.32. The molecule has 0 radical (unpaired) electrons. The van der Waals surface area contributed by atoms with Crippen LogP contribution in [0.2, 0.25) is 0 Å². The van der Waals surface area contributed by atoms with Crippen molar-refractivity contribution < 1.29 is 18.3 Å². The fourth-order valence-corrected chi connectivity index (χ4v) is 2.76. The van der Waals surface area contributed by atoms with E-state index in [0.717, 1.165) is 12.8 Å². The number of nitrogen functional groups attached to an aromatic ring is 1. The molecule has 0 heterocycles. The Balaban J connectivity index is 2.33. The number of unbranched alkanes of at least 4 members (excludes halogenated alkanes) is 2. The van der Waals surface area contributed by atoms with Gasteiger partial charge in [0.15, 0.2) is 0 Å². The van der Waals surface area contributed by atoms with Crippen molar-refractivity contribution in [2.45, 2.75) is 19.3 Å². The zero-order valence-corrected chi connectivity index (χ0v) is 13.2. The molecule has 1 aromatic rings. The van der Waals surface area contributed by atoms with E-state index in [1.165, 1.54) is 4.31 Å². The summed E-state index contributed by atoms with van der Waals surface area (Å²) in [5, 5.41) is 8.68. The lowest BCUT2D eigenvalue weighted by molar-refractivity contribution is 0.281. The first-order valence-electron chi connectivity index (χ1n) is 6.99. The third-order valence-corrected chi connectivity index (χ3v) is 4.91. The monoisotopic (exact) mass is 316 g/mol. The highest BCUT2D eigenvalue weighted by atomic mass is 32.2. The molecule has 0 bridgehead atoms. The van der Waals surface area contributed by atoms with E-state index < -0.39 is 10.0 Å². The molecule has 0 aliphatic rings. The van der Waals surface area contributed by atoms with Gasteiger partial charge in [0.2, 0.25) is 10.0 Å². The molecule has 120 valence electrons. The molecule has 0 saturated carbocycles. The lowest BCUT2D eigenvalue weighted by Gasteiger charge is -2.17. The summed E-state index contributed by atoms with van der Waals surface area (Å²) in [5.41, 5.74) is 6.20. The molecule has 0 aromatic heterocycles. The topological polar surface area (TPSA) is 92.9 Å². The van der Waals surface area contributed by atoms with Crippen molar-refractivity contribution in [3.8, 4) is 5.75 Å². The first-order valence-corrected chi connectivity index (χ1v) is 8.60. The molecular weight excluding hydrogens is 292 g/mol. The summed E-state index contributed by atoms with van der Waals surface area (Å²) in [7, 11) is -1.74. The number of nitrogens with two attached hydrogens (primary N) is 1. The maximum absolute atomic E-state index is 12.0. The number of benzene rings is 1. The average Bonchev–Trinajstić information content (AvgIpc) is 2.45. The Morgan fingerprint density at radius 3 is 2.48 bits per heavy atom. The van der Waals surface area contributed by atoms with Crippen LogP contribution in [0.25, 0.3) is 0 Å². The van der Waals surface area contributed by atoms with Crippen LogP contribution >= 0.6 is 0 Å². The Kier molecular flexibility index (Phi) is 7.49. The van der Waals surface area contributed by atoms with Gasteiger partial charge in [-0.15, -0.1) is 0 Å². The zero-order chi connectivity index (χ0) is 15.7. The van der Waals surface area contributed by atoms with Crippen molar-refractivity contribution in [3.63, 3.8) is 0 Å². The molecule has 0 amide bonds. The normalized spacial score (nSPS) is 11.8. The molecule has 3 N–H and O–H groups in total. The van der Waals surface area contributed by atoms with Crippen LogP contribution in [0.5, 0.6) is 5.75 Å². The van der Waals surface area contributed by atoms with Crippen LogP contribution in [-0.2, 0) is 10.0 Å². The summed E-state index contributed by atoms with van der Waals surface area (Å²) < 4.78 is 30.8. The molecule has 6 nitrogen and oxygen atoms in total. The summed E-state index contributed by atoms with van der Waals surface area (Å²) in [5.74, 6) is 0.540. The van der Waals surface area contributed by atoms with Crippen LogP contribution in [0.1, 0.15) is 19.3 Å². The van der Waals surface area contributed by atoms with Crippen LogP contribution in [0.4, 0.5) is 5.69 Å². The predicted octanol–water partition coefficient (Wildman–Crippen LogP) is 1.07. The van der Waals surface area contributed by atoms with Crippen molar-refractivity contribution in [3.05, 3.63) is 24.3 Å². The van der Waals surface area contributed by atoms with Crippen molar-refractivity contribution >= 4 is 15.7 Å². The molecule has 0 fully saturated rings. The Hall–Kier alpha value is -1.31. The molecular formula is C14H24N2O4S. The van der Waals surface area contributed by atoms with Gasteiger partial charge in [0.1, 0.15) is 12.4 Å². The van der Waals surface area contributed by atoms with E-state index in [-0.39, 0.29) is 19.0 Å². The maximum atomic E-state index is 12.0. The fraction of sp³-hybridized carbons (Fsp3) is 0.571. The van der Waals surface area contributed by atoms with Crippen LogP contribution in [0.3, 0.4) is 0 Å². The van der Waals surface area contributed by atoms with E-state index in [2.05, 4.69) is 0 Å². The highest BCUT2D eigenvalue weighted by molar-refractivity contribution is 7.89. The summed E-state index contributed by atoms with van der Waals surface area (Å²) in [4.78, 5) is 0. The van der Waals surface area contributed by atoms with Gasteiger partial charge in [-0.3, -0.25) is 0 Å². The number of ether oxygens (including phenoxy) is 1. The minimum Gasteiger partial charge on any atom is -0.492 e. The smallest absolute Gasteiger partial charge is 0.217 e. The molecule has 0 unspecified atom stereocenters. The number of hydrogen-bond donors (Lipinski definition) is 2. The summed E-state index contributed by atoms with van der Waals surface area (Å²) >= 11 is 0. The lowest BCUT2D eigenvalue weighted by atomic mass is 10.2. The predicted molar refractivity (Wildman–Crippen MR) is 83.7 cm³/mol. The second kappa shape index (κ2) is 8.86. The van der Waals surface area contributed by atoms with Crippen molar-refractivity contribution in [2.24, 2.45) is 0 Å². The Labute approximate surface area is 126 Å². The van der Waals surface area contributed by atoms with Gasteiger partial charge < -0.3 is 15.6 Å². The SMILES string of the molecule is CN(CCCCCO)S(=O)(=O)CCOc1ccc(N)cc1. The van der Waals surface area contributed by atoms with Gasteiger partial charge in [0.05, 0.1) is 5.75 Å². The van der Waals surface area contributed by atoms with E-state index in [1.54, 1.807) is 31.3 Å². The van der Waals surface area contributed by atoms with Gasteiger partial charge >= 0.3 is 0 Å². The number of sulfonamides is 1. The van der Waals surface area contributed by atoms with Crippen LogP contribution in [-0.4, -0.2) is 50.4 Å². The standard InChI is InChI=1S/C14H24N2O4S/c1-16(9-3-2-4-10-17)21(18,19)12-11-20-14-7-5-13(15)6-8-14/h5-8,17H,2-4,9-12,15H2,1H3. The van der Waals surface area contributed by atoms with E-state index in [0.29, 0.717) is 24.4 Å². The largest absolute Gasteiger partial charge is 0.492 e. The average molecular weight is 316 g/mol. The highest BCUT2D eigenvalue weighted by Gasteiger charge is 2.17. The summed E-state index contributed by atoms with van der Waals surface area (Å²) in [6.45, 7) is 0.712. The molecule has 1 rings (SSSR count). The zero-order valence-electron chi connectivity index (χ0n) is 12.4. The number of aliphatic hydroxyl groups is 1. The Morgan fingerprint density at radius 2 is 1.86 bits per heavy atom. The Morgan fingerprint density at radius 1 is 1.19 bits per heavy atom. The van der Waals surface area contributed by atoms with E-state index in [4.69, 9.17) is 15.6 Å². The van der Waals surface area contributed by atoms with Crippen LogP contribution < -0.4 is 10.5 Å². The van der Waals surface area contributed by atoms with Gasteiger partial charge in [-0.05, 0) is 43.5 Å². The third kappa shape index (κ3) is 6.79. The van der Waals surface area contributed by atoms with Crippen LogP contribution in [0.15, 0.2) is 24.3 Å². The van der Waals surface area contributed by atoms with Gasteiger partial charge in [-0.2, -0.15) is 0 Å². The van der Waals surface area contributed by atoms with E-state index in [1.807, 2.05) is 0 Å². The number of hydrogen-bond acceptors (Lipinski definition) is 5. The number of anilines is 1. The number of nitrogens with zero attached hydrogens (tertiary/aromatic N) is 1. The fourth-order valence-electron chi connectivity index (χ4n) is 1.75. The molecule has 0 atom stereocenters. The molecule has 7 heteroatoms. The second-order valence-electron chi connectivity index (χ2n) is 4.84. The van der Waals surface area contributed by atoms with Crippen LogP contribution in [0, 0.1) is 0 Å². The van der Waals surface area contributed by atoms with E-state index >= 15 is 0 Å². The number of rotatable bonds is 10. The van der Waals surface area contributed by atoms with Crippen molar-refractivity contribution in [1.29, 1.82) is 0 Å². The van der Waals surface area contributed by atoms with Gasteiger partial charge in [-0.1, -0.05) is 0 Å². The molecule has 1 aromatic carbocycles. The first-order chi connectivity index (χ1) is 9.95. The van der Waals surface area contributed by atoms with Crippen molar-refractivity contribution in [2.75, 3.05) is 38.3 Å². The quantitative estimate of drug-likeness (QED) is 0.497. The minimum absolute atomic E-state index is 0.0616. The molecule has 21 heavy (non-hydrogen) atoms. The van der Waals surface area contributed by atoms with Gasteiger partial charge in [-0.25, -0.2) is 12.7 Å². The highest BCUT2D eigenvalue weighted by Crippen LogP contribution is 2.13. The minimum atomic E-state index is -3.30. The molecule has 0 saturated heterocycles. The molecule has 0 spiro atoms. The maximum Gasteiger partial charge on any atom is 0.217 e. The van der Waals surface area contributed by atoms with E-state index in [9.17, 15) is 8.42 Å². The summed E-state index contributed by atoms with van der Waals surface area (Å²) in [6, 6.07) is 6.83. The summed E-state index contributed by atoms with van der Waals surface area (Å²) in [6.07, 6.45) is 2.27.